The van der Waals surface area contributed by atoms with Crippen LogP contribution in [-0.4, -0.2) is 30.4 Å². The first kappa shape index (κ1) is 17.7. The van der Waals surface area contributed by atoms with Crippen molar-refractivity contribution in [1.29, 1.82) is 0 Å². The van der Waals surface area contributed by atoms with Gasteiger partial charge in [-0.15, -0.1) is 0 Å². The Bertz CT molecular complexity index is 683. The minimum atomic E-state index is 0.119. The fourth-order valence-corrected chi connectivity index (χ4v) is 3.56. The van der Waals surface area contributed by atoms with Gasteiger partial charge >= 0.3 is 0 Å². The second-order valence-electron chi connectivity index (χ2n) is 7.03. The number of hydrogen-bond donors (Lipinski definition) is 1. The summed E-state index contributed by atoms with van der Waals surface area (Å²) in [7, 11) is 0. The van der Waals surface area contributed by atoms with E-state index >= 15 is 0 Å². The molecule has 1 amide bonds. The average Bonchev–Trinajstić information content (AvgIpc) is 2.65. The molecule has 0 bridgehead atoms. The standard InChI is InChI=1S/C22H28N2O/c1-18-8-5-6-11-20(18)16-24-15-7-12-21(17-24)22(25)23-14-13-19-9-3-2-4-10-19/h2-6,8-11,21H,7,12-17H2,1H3,(H,23,25). The molecule has 0 aromatic heterocycles. The predicted molar refractivity (Wildman–Crippen MR) is 102 cm³/mol. The molecule has 0 spiro atoms. The number of rotatable bonds is 6. The summed E-state index contributed by atoms with van der Waals surface area (Å²) in [5, 5.41) is 3.13. The van der Waals surface area contributed by atoms with Gasteiger partial charge in [0.1, 0.15) is 0 Å². The van der Waals surface area contributed by atoms with Crippen molar-refractivity contribution < 1.29 is 4.79 Å². The molecule has 1 aliphatic rings. The molecular weight excluding hydrogens is 308 g/mol. The molecule has 132 valence electrons. The van der Waals surface area contributed by atoms with Gasteiger partial charge in [-0.25, -0.2) is 0 Å². The van der Waals surface area contributed by atoms with Crippen LogP contribution < -0.4 is 5.32 Å². The third-order valence-corrected chi connectivity index (χ3v) is 5.09. The number of carbonyl (C=O) groups excluding carboxylic acids is 1. The molecule has 1 atom stereocenters. The van der Waals surface area contributed by atoms with Crippen LogP contribution >= 0.6 is 0 Å². The van der Waals surface area contributed by atoms with Crippen molar-refractivity contribution in [3.63, 3.8) is 0 Å². The third kappa shape index (κ3) is 5.17. The lowest BCUT2D eigenvalue weighted by atomic mass is 9.96. The van der Waals surface area contributed by atoms with Gasteiger partial charge in [0.2, 0.25) is 5.91 Å². The Hall–Kier alpha value is -2.13. The molecule has 1 aliphatic heterocycles. The molecule has 2 aromatic rings. The van der Waals surface area contributed by atoms with Gasteiger partial charge in [-0.2, -0.15) is 0 Å². The smallest absolute Gasteiger partial charge is 0.224 e. The lowest BCUT2D eigenvalue weighted by Gasteiger charge is -2.32. The highest BCUT2D eigenvalue weighted by molar-refractivity contribution is 5.78. The topological polar surface area (TPSA) is 32.3 Å². The first-order valence-electron chi connectivity index (χ1n) is 9.31. The Balaban J connectivity index is 1.47. The van der Waals surface area contributed by atoms with E-state index in [1.54, 1.807) is 0 Å². The summed E-state index contributed by atoms with van der Waals surface area (Å²) in [5.41, 5.74) is 3.97. The maximum Gasteiger partial charge on any atom is 0.224 e. The Labute approximate surface area is 151 Å². The van der Waals surface area contributed by atoms with Gasteiger partial charge in [-0.3, -0.25) is 9.69 Å². The number of nitrogens with zero attached hydrogens (tertiary/aromatic N) is 1. The normalized spacial score (nSPS) is 18.0. The van der Waals surface area contributed by atoms with Crippen molar-refractivity contribution in [2.75, 3.05) is 19.6 Å². The molecule has 1 saturated heterocycles. The zero-order valence-electron chi connectivity index (χ0n) is 15.1. The highest BCUT2D eigenvalue weighted by atomic mass is 16.1. The van der Waals surface area contributed by atoms with Gasteiger partial charge in [0, 0.05) is 19.6 Å². The zero-order valence-corrected chi connectivity index (χ0v) is 15.1. The van der Waals surface area contributed by atoms with Gasteiger partial charge in [0.25, 0.3) is 0 Å². The minimum Gasteiger partial charge on any atom is -0.355 e. The number of piperidine rings is 1. The number of amides is 1. The van der Waals surface area contributed by atoms with E-state index in [9.17, 15) is 4.79 Å². The monoisotopic (exact) mass is 336 g/mol. The van der Waals surface area contributed by atoms with E-state index in [4.69, 9.17) is 0 Å². The van der Waals surface area contributed by atoms with E-state index in [-0.39, 0.29) is 11.8 Å². The van der Waals surface area contributed by atoms with Crippen LogP contribution in [0.1, 0.15) is 29.5 Å². The molecule has 3 nitrogen and oxygen atoms in total. The second kappa shape index (κ2) is 8.82. The van der Waals surface area contributed by atoms with Crippen LogP contribution in [0, 0.1) is 12.8 Å². The Morgan fingerprint density at radius 2 is 1.88 bits per heavy atom. The summed E-state index contributed by atoms with van der Waals surface area (Å²) in [6.45, 7) is 5.78. The number of nitrogens with one attached hydrogen (secondary N) is 1. The number of carbonyl (C=O) groups is 1. The van der Waals surface area contributed by atoms with Crippen LogP contribution in [0.2, 0.25) is 0 Å². The Morgan fingerprint density at radius 1 is 1.12 bits per heavy atom. The molecule has 3 rings (SSSR count). The first-order valence-corrected chi connectivity index (χ1v) is 9.31. The summed E-state index contributed by atoms with van der Waals surface area (Å²) < 4.78 is 0. The maximum absolute atomic E-state index is 12.5. The van der Waals surface area contributed by atoms with E-state index in [0.29, 0.717) is 0 Å². The fourth-order valence-electron chi connectivity index (χ4n) is 3.56. The van der Waals surface area contributed by atoms with Gasteiger partial charge < -0.3 is 5.32 Å². The van der Waals surface area contributed by atoms with Crippen molar-refractivity contribution in [3.8, 4) is 0 Å². The number of hydrogen-bond acceptors (Lipinski definition) is 2. The highest BCUT2D eigenvalue weighted by Crippen LogP contribution is 2.20. The lowest BCUT2D eigenvalue weighted by molar-refractivity contribution is -0.126. The minimum absolute atomic E-state index is 0.119. The van der Waals surface area contributed by atoms with Crippen molar-refractivity contribution in [1.82, 2.24) is 10.2 Å². The first-order chi connectivity index (χ1) is 12.2. The van der Waals surface area contributed by atoms with Crippen LogP contribution in [0.4, 0.5) is 0 Å². The predicted octanol–water partition coefficient (Wildman–Crippen LogP) is 3.57. The molecule has 0 saturated carbocycles. The zero-order chi connectivity index (χ0) is 17.5. The molecule has 2 aromatic carbocycles. The van der Waals surface area contributed by atoms with Gasteiger partial charge in [0.05, 0.1) is 5.92 Å². The van der Waals surface area contributed by atoms with Crippen molar-refractivity contribution >= 4 is 5.91 Å². The molecule has 1 N–H and O–H groups in total. The van der Waals surface area contributed by atoms with E-state index in [2.05, 4.69) is 53.5 Å². The second-order valence-corrected chi connectivity index (χ2v) is 7.03. The van der Waals surface area contributed by atoms with E-state index in [1.807, 2.05) is 18.2 Å². The van der Waals surface area contributed by atoms with Crippen LogP contribution in [0.3, 0.4) is 0 Å². The van der Waals surface area contributed by atoms with Gasteiger partial charge in [-0.1, -0.05) is 54.6 Å². The van der Waals surface area contributed by atoms with Gasteiger partial charge in [-0.05, 0) is 49.4 Å². The third-order valence-electron chi connectivity index (χ3n) is 5.09. The van der Waals surface area contributed by atoms with Crippen molar-refractivity contribution in [2.45, 2.75) is 32.7 Å². The SMILES string of the molecule is Cc1ccccc1CN1CCCC(C(=O)NCCc2ccccc2)C1. The Morgan fingerprint density at radius 3 is 2.68 bits per heavy atom. The number of aryl methyl sites for hydroxylation is 1. The number of likely N-dealkylation sites (tertiary alicyclic amines) is 1. The molecule has 25 heavy (non-hydrogen) atoms. The molecule has 1 unspecified atom stereocenters. The van der Waals surface area contributed by atoms with E-state index in [0.717, 1.165) is 45.4 Å². The van der Waals surface area contributed by atoms with E-state index in [1.165, 1.54) is 16.7 Å². The van der Waals surface area contributed by atoms with E-state index < -0.39 is 0 Å². The molecule has 1 heterocycles. The van der Waals surface area contributed by atoms with Crippen LogP contribution in [0.5, 0.6) is 0 Å². The Kier molecular flexibility index (Phi) is 6.24. The van der Waals surface area contributed by atoms with Crippen molar-refractivity contribution in [3.05, 3.63) is 71.3 Å². The molecule has 0 radical (unpaired) electrons. The van der Waals surface area contributed by atoms with Crippen LogP contribution in [0.15, 0.2) is 54.6 Å². The summed E-state index contributed by atoms with van der Waals surface area (Å²) in [6.07, 6.45) is 3.00. The molecular formula is C22H28N2O. The quantitative estimate of drug-likeness (QED) is 0.875. The van der Waals surface area contributed by atoms with Crippen LogP contribution in [0.25, 0.3) is 0 Å². The summed E-state index contributed by atoms with van der Waals surface area (Å²) in [5.74, 6) is 0.332. The van der Waals surface area contributed by atoms with Crippen LogP contribution in [-0.2, 0) is 17.8 Å². The summed E-state index contributed by atoms with van der Waals surface area (Å²) >= 11 is 0. The summed E-state index contributed by atoms with van der Waals surface area (Å²) in [6, 6.07) is 18.9. The number of benzene rings is 2. The average molecular weight is 336 g/mol. The van der Waals surface area contributed by atoms with Crippen molar-refractivity contribution in [2.24, 2.45) is 5.92 Å². The summed E-state index contributed by atoms with van der Waals surface area (Å²) in [4.78, 5) is 14.9. The fraction of sp³-hybridized carbons (Fsp3) is 0.409. The molecule has 0 aliphatic carbocycles. The largest absolute Gasteiger partial charge is 0.355 e. The molecule has 3 heteroatoms. The molecule has 1 fully saturated rings. The maximum atomic E-state index is 12.5. The van der Waals surface area contributed by atoms with Gasteiger partial charge in [0.15, 0.2) is 0 Å². The lowest BCUT2D eigenvalue weighted by Crippen LogP contribution is -2.43. The highest BCUT2D eigenvalue weighted by Gasteiger charge is 2.25.